The molecule has 2 N–H and O–H groups in total. The highest BCUT2D eigenvalue weighted by molar-refractivity contribution is 6.31. The number of carbonyl (C=O) groups excluding carboxylic acids is 1. The Labute approximate surface area is 69.2 Å². The number of Topliss-reactive ketones (excluding diaryl/α,β-unsaturated/α-hetero) is 1. The van der Waals surface area contributed by atoms with Gasteiger partial charge in [0.1, 0.15) is 5.82 Å². The summed E-state index contributed by atoms with van der Waals surface area (Å²) in [5, 5.41) is 0. The van der Waals surface area contributed by atoms with E-state index in [1.165, 1.54) is 6.20 Å². The molecular weight excluding hydrogens is 164 g/mol. The molecule has 0 spiro atoms. The number of nitrogen functional groups attached to an aromatic ring is 1. The lowest BCUT2D eigenvalue weighted by atomic mass is 10.2. The monoisotopic (exact) mass is 170 g/mol. The first kappa shape index (κ1) is 8.01. The lowest BCUT2D eigenvalue weighted by Crippen LogP contribution is -2.05. The fourth-order valence-corrected chi connectivity index (χ4v) is 0.869. The number of alkyl halides is 1. The van der Waals surface area contributed by atoms with Gasteiger partial charge in [0.05, 0.1) is 11.4 Å². The Morgan fingerprint density at radius 1 is 1.73 bits per heavy atom. The predicted octanol–water partition coefficient (Wildman–Crippen LogP) is 1.09. The summed E-state index contributed by atoms with van der Waals surface area (Å²) in [6, 6.07) is 3.25. The summed E-state index contributed by atoms with van der Waals surface area (Å²) in [7, 11) is 0. The molecule has 1 rings (SSSR count). The zero-order valence-corrected chi connectivity index (χ0v) is 6.51. The molecule has 0 aliphatic heterocycles. The number of hydrogen-bond donors (Lipinski definition) is 1. The Morgan fingerprint density at radius 2 is 2.45 bits per heavy atom. The zero-order chi connectivity index (χ0) is 8.27. The number of carbonyl (C=O) groups is 1. The zero-order valence-electron chi connectivity index (χ0n) is 5.75. The summed E-state index contributed by atoms with van der Waals surface area (Å²) >= 11 is 5.33. The number of nitrogens with two attached hydrogens (primary N) is 1. The lowest BCUT2D eigenvalue weighted by Gasteiger charge is -1.98. The minimum atomic E-state index is -0.197. The highest BCUT2D eigenvalue weighted by Crippen LogP contribution is 2.07. The van der Waals surface area contributed by atoms with Gasteiger partial charge < -0.3 is 5.73 Å². The van der Waals surface area contributed by atoms with Crippen LogP contribution in [0.1, 0.15) is 10.4 Å². The van der Waals surface area contributed by atoms with Gasteiger partial charge in [0, 0.05) is 6.20 Å². The van der Waals surface area contributed by atoms with Crippen molar-refractivity contribution in [3.05, 3.63) is 23.9 Å². The lowest BCUT2D eigenvalue weighted by molar-refractivity contribution is 0.102. The molecule has 0 atom stereocenters. The van der Waals surface area contributed by atoms with E-state index in [1.54, 1.807) is 12.1 Å². The van der Waals surface area contributed by atoms with Gasteiger partial charge in [-0.05, 0) is 12.1 Å². The average Bonchev–Trinajstić information content (AvgIpc) is 2.04. The number of ketones is 1. The van der Waals surface area contributed by atoms with Crippen LogP contribution < -0.4 is 5.73 Å². The molecule has 0 bridgehead atoms. The highest BCUT2D eigenvalue weighted by Gasteiger charge is 2.06. The minimum absolute atomic E-state index is 0.0596. The van der Waals surface area contributed by atoms with Crippen LogP contribution in [0.2, 0.25) is 0 Å². The molecule has 4 heteroatoms. The van der Waals surface area contributed by atoms with Gasteiger partial charge in [-0.25, -0.2) is 4.98 Å². The van der Waals surface area contributed by atoms with Crippen LogP contribution in [0, 0.1) is 0 Å². The molecule has 0 radical (unpaired) electrons. The normalized spacial score (nSPS) is 9.55. The van der Waals surface area contributed by atoms with Gasteiger partial charge in [0.15, 0.2) is 5.78 Å². The SMILES string of the molecule is Nc1ncccc1C(=O)CCl. The Morgan fingerprint density at radius 3 is 3.00 bits per heavy atom. The highest BCUT2D eigenvalue weighted by atomic mass is 35.5. The van der Waals surface area contributed by atoms with Crippen molar-refractivity contribution in [2.75, 3.05) is 11.6 Å². The van der Waals surface area contributed by atoms with Crippen molar-refractivity contribution in [1.82, 2.24) is 4.98 Å². The Hall–Kier alpha value is -1.09. The summed E-state index contributed by atoms with van der Waals surface area (Å²) in [5.41, 5.74) is 5.80. The number of aromatic nitrogens is 1. The second-order valence-electron chi connectivity index (χ2n) is 1.99. The predicted molar refractivity (Wildman–Crippen MR) is 43.7 cm³/mol. The second-order valence-corrected chi connectivity index (χ2v) is 2.26. The van der Waals surface area contributed by atoms with Crippen LogP contribution in [0.3, 0.4) is 0 Å². The van der Waals surface area contributed by atoms with Gasteiger partial charge in [0.2, 0.25) is 0 Å². The fourth-order valence-electron chi connectivity index (χ4n) is 0.725. The van der Waals surface area contributed by atoms with Crippen molar-refractivity contribution < 1.29 is 4.79 Å². The van der Waals surface area contributed by atoms with Gasteiger partial charge in [-0.3, -0.25) is 4.79 Å². The van der Waals surface area contributed by atoms with Crippen LogP contribution in [-0.4, -0.2) is 16.6 Å². The van der Waals surface area contributed by atoms with Crippen molar-refractivity contribution in [1.29, 1.82) is 0 Å². The second kappa shape index (κ2) is 3.34. The van der Waals surface area contributed by atoms with Crippen molar-refractivity contribution in [3.8, 4) is 0 Å². The van der Waals surface area contributed by atoms with Gasteiger partial charge in [-0.2, -0.15) is 0 Å². The molecule has 58 valence electrons. The number of rotatable bonds is 2. The summed E-state index contributed by atoms with van der Waals surface area (Å²) in [6.07, 6.45) is 1.53. The third-order valence-corrected chi connectivity index (χ3v) is 1.50. The molecule has 0 fully saturated rings. The largest absolute Gasteiger partial charge is 0.383 e. The number of anilines is 1. The molecule has 1 aromatic rings. The molecule has 0 aromatic carbocycles. The van der Waals surface area contributed by atoms with E-state index in [-0.39, 0.29) is 17.5 Å². The molecule has 3 nitrogen and oxygen atoms in total. The quantitative estimate of drug-likeness (QED) is 0.534. The molecule has 1 heterocycles. The van der Waals surface area contributed by atoms with Crippen LogP contribution >= 0.6 is 11.6 Å². The number of pyridine rings is 1. The van der Waals surface area contributed by atoms with Crippen LogP contribution in [0.15, 0.2) is 18.3 Å². The summed E-state index contributed by atoms with van der Waals surface area (Å²) < 4.78 is 0. The van der Waals surface area contributed by atoms with Crippen LogP contribution in [0.4, 0.5) is 5.82 Å². The third-order valence-electron chi connectivity index (χ3n) is 1.26. The molecular formula is C7H7ClN2O. The van der Waals surface area contributed by atoms with Gasteiger partial charge in [-0.1, -0.05) is 0 Å². The van der Waals surface area contributed by atoms with Crippen molar-refractivity contribution in [2.45, 2.75) is 0 Å². The molecule has 0 saturated heterocycles. The van der Waals surface area contributed by atoms with Crippen molar-refractivity contribution >= 4 is 23.2 Å². The van der Waals surface area contributed by atoms with Gasteiger partial charge >= 0.3 is 0 Å². The summed E-state index contributed by atoms with van der Waals surface area (Å²) in [5.74, 6) is -0.0222. The number of halogens is 1. The third kappa shape index (κ3) is 1.68. The smallest absolute Gasteiger partial charge is 0.181 e. The van der Waals surface area contributed by atoms with E-state index in [4.69, 9.17) is 17.3 Å². The molecule has 0 aliphatic rings. The summed E-state index contributed by atoms with van der Waals surface area (Å²) in [6.45, 7) is 0. The number of nitrogens with zero attached hydrogens (tertiary/aromatic N) is 1. The minimum Gasteiger partial charge on any atom is -0.383 e. The van der Waals surface area contributed by atoms with Crippen molar-refractivity contribution in [2.24, 2.45) is 0 Å². The molecule has 0 amide bonds. The Kier molecular flexibility index (Phi) is 2.44. The first-order valence-electron chi connectivity index (χ1n) is 3.05. The van der Waals surface area contributed by atoms with E-state index in [0.717, 1.165) is 0 Å². The molecule has 11 heavy (non-hydrogen) atoms. The molecule has 0 unspecified atom stereocenters. The van der Waals surface area contributed by atoms with E-state index >= 15 is 0 Å². The van der Waals surface area contributed by atoms with E-state index in [2.05, 4.69) is 4.98 Å². The Bertz CT molecular complexity index is 275. The first-order valence-corrected chi connectivity index (χ1v) is 3.59. The maximum absolute atomic E-state index is 11.0. The van der Waals surface area contributed by atoms with E-state index in [0.29, 0.717) is 5.56 Å². The first-order chi connectivity index (χ1) is 5.25. The van der Waals surface area contributed by atoms with Crippen LogP contribution in [0.25, 0.3) is 0 Å². The van der Waals surface area contributed by atoms with Gasteiger partial charge in [0.25, 0.3) is 0 Å². The number of hydrogen-bond acceptors (Lipinski definition) is 3. The molecule has 1 aromatic heterocycles. The maximum atomic E-state index is 11.0. The van der Waals surface area contributed by atoms with Crippen LogP contribution in [-0.2, 0) is 0 Å². The Balaban J connectivity index is 3.03. The topological polar surface area (TPSA) is 56.0 Å². The molecule has 0 saturated carbocycles. The van der Waals surface area contributed by atoms with Crippen molar-refractivity contribution in [3.63, 3.8) is 0 Å². The summed E-state index contributed by atoms with van der Waals surface area (Å²) in [4.78, 5) is 14.7. The van der Waals surface area contributed by atoms with Gasteiger partial charge in [-0.15, -0.1) is 11.6 Å². The fraction of sp³-hybridized carbons (Fsp3) is 0.143. The molecule has 0 aliphatic carbocycles. The van der Waals surface area contributed by atoms with E-state index < -0.39 is 0 Å². The average molecular weight is 171 g/mol. The standard InChI is InChI=1S/C7H7ClN2O/c8-4-6(11)5-2-1-3-10-7(5)9/h1-3H,4H2,(H2,9,10). The van der Waals surface area contributed by atoms with E-state index in [1.807, 2.05) is 0 Å². The van der Waals surface area contributed by atoms with E-state index in [9.17, 15) is 4.79 Å². The van der Waals surface area contributed by atoms with Crippen LogP contribution in [0.5, 0.6) is 0 Å². The maximum Gasteiger partial charge on any atom is 0.181 e.